The van der Waals surface area contributed by atoms with Gasteiger partial charge >= 0.3 is 11.8 Å². The first-order chi connectivity index (χ1) is 9.97. The van der Waals surface area contributed by atoms with E-state index in [9.17, 15) is 14.4 Å². The maximum absolute atomic E-state index is 12.4. The molecule has 0 aromatic carbocycles. The number of nitrogens with two attached hydrogens (primary N) is 1. The SMILES string of the molecule is CCN1CCN(CC(=O)N2CC(CN)CC2C)C(=O)C1=O. The van der Waals surface area contributed by atoms with Crippen molar-refractivity contribution in [3.8, 4) is 0 Å². The summed E-state index contributed by atoms with van der Waals surface area (Å²) in [5.41, 5.74) is 5.66. The quantitative estimate of drug-likeness (QED) is 0.665. The molecule has 0 saturated carbocycles. The van der Waals surface area contributed by atoms with Crippen LogP contribution in [0.15, 0.2) is 0 Å². The lowest BCUT2D eigenvalue weighted by Crippen LogP contribution is -2.56. The van der Waals surface area contributed by atoms with E-state index >= 15 is 0 Å². The van der Waals surface area contributed by atoms with E-state index in [1.807, 2.05) is 13.8 Å². The van der Waals surface area contributed by atoms with Gasteiger partial charge in [0, 0.05) is 32.2 Å². The third kappa shape index (κ3) is 3.18. The predicted octanol–water partition coefficient (Wildman–Crippen LogP) is -1.13. The minimum absolute atomic E-state index is 0.0102. The number of carbonyl (C=O) groups excluding carboxylic acids is 3. The van der Waals surface area contributed by atoms with E-state index in [0.717, 1.165) is 6.42 Å². The average molecular weight is 296 g/mol. The molecule has 0 aromatic heterocycles. The van der Waals surface area contributed by atoms with Crippen LogP contribution in [0, 0.1) is 5.92 Å². The number of carbonyl (C=O) groups is 3. The molecule has 118 valence electrons. The van der Waals surface area contributed by atoms with Crippen LogP contribution in [0.5, 0.6) is 0 Å². The lowest BCUT2D eigenvalue weighted by molar-refractivity contribution is -0.157. The molecule has 2 unspecified atom stereocenters. The van der Waals surface area contributed by atoms with Gasteiger partial charge in [-0.05, 0) is 32.7 Å². The van der Waals surface area contributed by atoms with Gasteiger partial charge in [-0.15, -0.1) is 0 Å². The molecule has 0 aliphatic carbocycles. The molecule has 21 heavy (non-hydrogen) atoms. The number of hydrogen-bond donors (Lipinski definition) is 1. The molecule has 0 bridgehead atoms. The van der Waals surface area contributed by atoms with Crippen LogP contribution in [0.3, 0.4) is 0 Å². The highest BCUT2D eigenvalue weighted by molar-refractivity contribution is 6.35. The molecule has 2 rings (SSSR count). The standard InChI is InChI=1S/C14H24N4O3/c1-3-16-4-5-17(14(21)13(16)20)9-12(19)18-8-11(7-15)6-10(18)2/h10-11H,3-9,15H2,1-2H3. The van der Waals surface area contributed by atoms with Crippen molar-refractivity contribution in [2.24, 2.45) is 11.7 Å². The molecule has 0 radical (unpaired) electrons. The van der Waals surface area contributed by atoms with Gasteiger partial charge in [0.2, 0.25) is 5.91 Å². The van der Waals surface area contributed by atoms with E-state index in [-0.39, 0.29) is 18.5 Å². The molecule has 3 amide bonds. The molecule has 0 aromatic rings. The average Bonchev–Trinajstić information content (AvgIpc) is 2.85. The van der Waals surface area contributed by atoms with Crippen molar-refractivity contribution < 1.29 is 14.4 Å². The van der Waals surface area contributed by atoms with Crippen molar-refractivity contribution in [2.45, 2.75) is 26.3 Å². The van der Waals surface area contributed by atoms with E-state index in [2.05, 4.69) is 0 Å². The summed E-state index contributed by atoms with van der Waals surface area (Å²) in [5.74, 6) is -0.840. The van der Waals surface area contributed by atoms with Crippen LogP contribution in [0.1, 0.15) is 20.3 Å². The second-order valence-electron chi connectivity index (χ2n) is 5.84. The number of hydrogen-bond acceptors (Lipinski definition) is 4. The van der Waals surface area contributed by atoms with Crippen LogP contribution in [-0.4, -0.2) is 77.7 Å². The summed E-state index contributed by atoms with van der Waals surface area (Å²) >= 11 is 0. The molecule has 7 nitrogen and oxygen atoms in total. The van der Waals surface area contributed by atoms with Gasteiger partial charge in [0.15, 0.2) is 0 Å². The van der Waals surface area contributed by atoms with E-state index < -0.39 is 11.8 Å². The van der Waals surface area contributed by atoms with Gasteiger partial charge in [-0.3, -0.25) is 14.4 Å². The predicted molar refractivity (Wildman–Crippen MR) is 77.2 cm³/mol. The number of piperazine rings is 1. The van der Waals surface area contributed by atoms with Crippen molar-refractivity contribution in [3.63, 3.8) is 0 Å². The summed E-state index contributed by atoms with van der Waals surface area (Å²) in [4.78, 5) is 40.8. The van der Waals surface area contributed by atoms with Crippen molar-refractivity contribution in [3.05, 3.63) is 0 Å². The largest absolute Gasteiger partial charge is 0.338 e. The van der Waals surface area contributed by atoms with Gasteiger partial charge < -0.3 is 20.4 Å². The van der Waals surface area contributed by atoms with Gasteiger partial charge in [-0.2, -0.15) is 0 Å². The fraction of sp³-hybridized carbons (Fsp3) is 0.786. The van der Waals surface area contributed by atoms with Crippen LogP contribution in [-0.2, 0) is 14.4 Å². The summed E-state index contributed by atoms with van der Waals surface area (Å²) < 4.78 is 0. The molecule has 2 fully saturated rings. The third-order valence-electron chi connectivity index (χ3n) is 4.42. The minimum atomic E-state index is -0.571. The second kappa shape index (κ2) is 6.43. The van der Waals surface area contributed by atoms with Gasteiger partial charge in [0.25, 0.3) is 0 Å². The lowest BCUT2D eigenvalue weighted by atomic mass is 10.1. The molecule has 0 spiro atoms. The van der Waals surface area contributed by atoms with E-state index in [1.54, 1.807) is 4.90 Å². The van der Waals surface area contributed by atoms with Crippen molar-refractivity contribution >= 4 is 17.7 Å². The monoisotopic (exact) mass is 296 g/mol. The van der Waals surface area contributed by atoms with Crippen molar-refractivity contribution in [1.82, 2.24) is 14.7 Å². The smallest absolute Gasteiger partial charge is 0.312 e. The molecule has 2 N–H and O–H groups in total. The highest BCUT2D eigenvalue weighted by Gasteiger charge is 2.36. The Morgan fingerprint density at radius 2 is 1.86 bits per heavy atom. The first kappa shape index (κ1) is 15.8. The zero-order valence-corrected chi connectivity index (χ0v) is 12.7. The Morgan fingerprint density at radius 3 is 2.43 bits per heavy atom. The molecular weight excluding hydrogens is 272 g/mol. The first-order valence-electron chi connectivity index (χ1n) is 7.55. The first-order valence-corrected chi connectivity index (χ1v) is 7.55. The summed E-state index contributed by atoms with van der Waals surface area (Å²) in [6.45, 7) is 6.48. The van der Waals surface area contributed by atoms with E-state index in [4.69, 9.17) is 5.73 Å². The Balaban J connectivity index is 1.94. The Labute approximate surface area is 125 Å². The second-order valence-corrected chi connectivity index (χ2v) is 5.84. The number of likely N-dealkylation sites (N-methyl/N-ethyl adjacent to an activating group) is 1. The van der Waals surface area contributed by atoms with Crippen LogP contribution >= 0.6 is 0 Å². The van der Waals surface area contributed by atoms with Crippen LogP contribution in [0.25, 0.3) is 0 Å². The number of nitrogens with zero attached hydrogens (tertiary/aromatic N) is 3. The van der Waals surface area contributed by atoms with Gasteiger partial charge in [0.1, 0.15) is 6.54 Å². The Hall–Kier alpha value is -1.63. The number of likely N-dealkylation sites (tertiary alicyclic amines) is 1. The highest BCUT2D eigenvalue weighted by Crippen LogP contribution is 2.22. The third-order valence-corrected chi connectivity index (χ3v) is 4.42. The maximum atomic E-state index is 12.4. The van der Waals surface area contributed by atoms with E-state index in [1.165, 1.54) is 9.80 Å². The van der Waals surface area contributed by atoms with Crippen molar-refractivity contribution in [2.75, 3.05) is 39.3 Å². The molecular formula is C14H24N4O3. The summed E-state index contributed by atoms with van der Waals surface area (Å²) in [7, 11) is 0. The number of rotatable bonds is 4. The molecule has 2 saturated heterocycles. The zero-order chi connectivity index (χ0) is 15.6. The van der Waals surface area contributed by atoms with Crippen LogP contribution in [0.4, 0.5) is 0 Å². The zero-order valence-electron chi connectivity index (χ0n) is 12.7. The fourth-order valence-electron chi connectivity index (χ4n) is 3.08. The number of amides is 3. The van der Waals surface area contributed by atoms with Gasteiger partial charge in [-0.1, -0.05) is 0 Å². The normalized spacial score (nSPS) is 26.7. The molecule has 2 aliphatic rings. The van der Waals surface area contributed by atoms with Crippen molar-refractivity contribution in [1.29, 1.82) is 0 Å². The Bertz CT molecular complexity index is 440. The molecule has 2 heterocycles. The minimum Gasteiger partial charge on any atom is -0.338 e. The van der Waals surface area contributed by atoms with E-state index in [0.29, 0.717) is 38.6 Å². The summed E-state index contributed by atoms with van der Waals surface area (Å²) in [6.07, 6.45) is 0.902. The topological polar surface area (TPSA) is 86.9 Å². The molecule has 2 aliphatic heterocycles. The maximum Gasteiger partial charge on any atom is 0.312 e. The van der Waals surface area contributed by atoms with Gasteiger partial charge in [-0.25, -0.2) is 0 Å². The van der Waals surface area contributed by atoms with Crippen LogP contribution in [0.2, 0.25) is 0 Å². The Morgan fingerprint density at radius 1 is 1.24 bits per heavy atom. The Kier molecular flexibility index (Phi) is 4.82. The summed E-state index contributed by atoms with van der Waals surface area (Å²) in [6, 6.07) is 0.147. The van der Waals surface area contributed by atoms with Gasteiger partial charge in [0.05, 0.1) is 0 Å². The summed E-state index contributed by atoms with van der Waals surface area (Å²) in [5, 5.41) is 0. The molecule has 7 heteroatoms. The van der Waals surface area contributed by atoms with Crippen LogP contribution < -0.4 is 5.73 Å². The molecule has 2 atom stereocenters. The fourth-order valence-corrected chi connectivity index (χ4v) is 3.08. The lowest BCUT2D eigenvalue weighted by Gasteiger charge is -2.34. The highest BCUT2D eigenvalue weighted by atomic mass is 16.2.